The molecule has 0 saturated heterocycles. The van der Waals surface area contributed by atoms with E-state index in [1.54, 1.807) is 25.5 Å². The van der Waals surface area contributed by atoms with Crippen LogP contribution in [-0.4, -0.2) is 24.3 Å². The number of methoxy groups -OCH3 is 1. The number of aryl methyl sites for hydroxylation is 1. The summed E-state index contributed by atoms with van der Waals surface area (Å²) in [6.45, 7) is 5.78. The quantitative estimate of drug-likeness (QED) is 0.473. The highest BCUT2D eigenvalue weighted by molar-refractivity contribution is 9.10. The first-order valence-corrected chi connectivity index (χ1v) is 12.0. The Morgan fingerprint density at radius 1 is 1.21 bits per heavy atom. The summed E-state index contributed by atoms with van der Waals surface area (Å²) in [5, 5.41) is 0. The maximum Gasteiger partial charge on any atom is 0.338 e. The summed E-state index contributed by atoms with van der Waals surface area (Å²) in [5.74, 6) is 0.250. The van der Waals surface area contributed by atoms with Gasteiger partial charge in [0, 0.05) is 0 Å². The van der Waals surface area contributed by atoms with Gasteiger partial charge in [-0.1, -0.05) is 47.2 Å². The molecule has 2 heterocycles. The molecule has 4 rings (SSSR count). The molecule has 2 aromatic carbocycles. The Morgan fingerprint density at radius 3 is 2.58 bits per heavy atom. The van der Waals surface area contributed by atoms with Gasteiger partial charge in [0.15, 0.2) is 4.80 Å². The minimum Gasteiger partial charge on any atom is -0.496 e. The van der Waals surface area contributed by atoms with E-state index >= 15 is 0 Å². The summed E-state index contributed by atoms with van der Waals surface area (Å²) in [6, 6.07) is 12.8. The average molecular weight is 527 g/mol. The molecule has 170 valence electrons. The zero-order chi connectivity index (χ0) is 23.7. The number of fused-ring (bicyclic) bond motifs is 1. The van der Waals surface area contributed by atoms with E-state index < -0.39 is 12.0 Å². The molecule has 0 radical (unpaired) electrons. The molecule has 0 N–H and O–H groups in total. The van der Waals surface area contributed by atoms with Crippen LogP contribution in [0.25, 0.3) is 6.08 Å². The van der Waals surface area contributed by atoms with Crippen molar-refractivity contribution in [1.82, 2.24) is 4.57 Å². The van der Waals surface area contributed by atoms with Gasteiger partial charge in [-0.25, -0.2) is 9.79 Å². The second-order valence-electron chi connectivity index (χ2n) is 7.61. The summed E-state index contributed by atoms with van der Waals surface area (Å²) in [4.78, 5) is 31.6. The zero-order valence-corrected chi connectivity index (χ0v) is 21.1. The van der Waals surface area contributed by atoms with Crippen LogP contribution < -0.4 is 19.6 Å². The number of hydrogen-bond donors (Lipinski definition) is 0. The molecule has 0 aliphatic carbocycles. The summed E-state index contributed by atoms with van der Waals surface area (Å²) in [5.41, 5.74) is 3.50. The van der Waals surface area contributed by atoms with Crippen LogP contribution in [0.4, 0.5) is 0 Å². The SMILES string of the molecule is CCOC(=O)C1=C(C)N=c2s/c(=C\c3ccc(OC)c(Br)c3)c(=O)n2[C@@H]1c1ccc(C)cc1. The predicted molar refractivity (Wildman–Crippen MR) is 132 cm³/mol. The monoisotopic (exact) mass is 526 g/mol. The maximum atomic E-state index is 13.6. The highest BCUT2D eigenvalue weighted by Crippen LogP contribution is 2.31. The summed E-state index contributed by atoms with van der Waals surface area (Å²) in [6.07, 6.45) is 1.82. The van der Waals surface area contributed by atoms with Gasteiger partial charge in [0.25, 0.3) is 5.56 Å². The van der Waals surface area contributed by atoms with Gasteiger partial charge in [-0.15, -0.1) is 0 Å². The molecule has 1 aromatic heterocycles. The molecule has 6 nitrogen and oxygen atoms in total. The lowest BCUT2D eigenvalue weighted by atomic mass is 9.95. The third-order valence-corrected chi connectivity index (χ3v) is 6.99. The lowest BCUT2D eigenvalue weighted by Crippen LogP contribution is -2.39. The first kappa shape index (κ1) is 23.2. The van der Waals surface area contributed by atoms with Crippen LogP contribution in [0.1, 0.15) is 36.6 Å². The number of thiazole rings is 1. The number of hydrogen-bond acceptors (Lipinski definition) is 6. The standard InChI is InChI=1S/C25H23BrN2O4S/c1-5-32-24(30)21-15(3)27-25-28(22(21)17-9-6-14(2)7-10-17)23(29)20(33-25)13-16-8-11-19(31-4)18(26)12-16/h6-13,22H,5H2,1-4H3/b20-13-/t22-/m1/s1. The van der Waals surface area contributed by atoms with E-state index in [9.17, 15) is 9.59 Å². The van der Waals surface area contributed by atoms with Gasteiger partial charge < -0.3 is 9.47 Å². The average Bonchev–Trinajstić information content (AvgIpc) is 3.08. The van der Waals surface area contributed by atoms with Crippen LogP contribution in [0.3, 0.4) is 0 Å². The summed E-state index contributed by atoms with van der Waals surface area (Å²) in [7, 11) is 1.60. The fourth-order valence-corrected chi connectivity index (χ4v) is 5.38. The number of ether oxygens (including phenoxy) is 2. The number of nitrogens with zero attached hydrogens (tertiary/aromatic N) is 2. The number of carbonyl (C=O) groups is 1. The topological polar surface area (TPSA) is 69.9 Å². The van der Waals surface area contributed by atoms with Gasteiger partial charge in [-0.05, 0) is 66.0 Å². The Hall–Kier alpha value is -2.97. The first-order chi connectivity index (χ1) is 15.8. The highest BCUT2D eigenvalue weighted by Gasteiger charge is 2.33. The molecule has 33 heavy (non-hydrogen) atoms. The van der Waals surface area contributed by atoms with E-state index in [1.807, 2.05) is 55.5 Å². The van der Waals surface area contributed by atoms with Crippen molar-refractivity contribution in [2.24, 2.45) is 4.99 Å². The molecule has 8 heteroatoms. The molecule has 3 aromatic rings. The maximum absolute atomic E-state index is 13.6. The second kappa shape index (κ2) is 9.49. The summed E-state index contributed by atoms with van der Waals surface area (Å²) < 4.78 is 13.5. The van der Waals surface area contributed by atoms with Crippen molar-refractivity contribution in [3.05, 3.63) is 94.6 Å². The second-order valence-corrected chi connectivity index (χ2v) is 9.47. The van der Waals surface area contributed by atoms with Crippen molar-refractivity contribution in [2.75, 3.05) is 13.7 Å². The van der Waals surface area contributed by atoms with Crippen LogP contribution >= 0.6 is 27.3 Å². The van der Waals surface area contributed by atoms with Crippen LogP contribution in [0, 0.1) is 6.92 Å². The van der Waals surface area contributed by atoms with Crippen molar-refractivity contribution in [2.45, 2.75) is 26.8 Å². The van der Waals surface area contributed by atoms with E-state index in [1.165, 1.54) is 11.3 Å². The largest absolute Gasteiger partial charge is 0.496 e. The molecule has 0 spiro atoms. The number of benzene rings is 2. The van der Waals surface area contributed by atoms with Gasteiger partial charge in [-0.3, -0.25) is 9.36 Å². The van der Waals surface area contributed by atoms with Crippen molar-refractivity contribution in [3.8, 4) is 5.75 Å². The third-order valence-electron chi connectivity index (χ3n) is 5.38. The molecular formula is C25H23BrN2O4S. The summed E-state index contributed by atoms with van der Waals surface area (Å²) >= 11 is 4.79. The molecule has 1 aliphatic rings. The zero-order valence-electron chi connectivity index (χ0n) is 18.7. The van der Waals surface area contributed by atoms with E-state index in [2.05, 4.69) is 20.9 Å². The number of halogens is 1. The Balaban J connectivity index is 1.93. The van der Waals surface area contributed by atoms with Crippen LogP contribution in [0.5, 0.6) is 5.75 Å². The molecule has 1 aliphatic heterocycles. The molecule has 0 unspecified atom stereocenters. The van der Waals surface area contributed by atoms with Gasteiger partial charge in [-0.2, -0.15) is 0 Å². The number of aromatic nitrogens is 1. The predicted octanol–water partition coefficient (Wildman–Crippen LogP) is 3.88. The fourth-order valence-electron chi connectivity index (χ4n) is 3.78. The van der Waals surface area contributed by atoms with Crippen molar-refractivity contribution in [3.63, 3.8) is 0 Å². The van der Waals surface area contributed by atoms with Gasteiger partial charge in [0.05, 0.1) is 40.0 Å². The van der Waals surface area contributed by atoms with E-state index in [0.717, 1.165) is 21.2 Å². The molecule has 0 fully saturated rings. The third kappa shape index (κ3) is 4.45. The number of rotatable bonds is 5. The molecular weight excluding hydrogens is 504 g/mol. The molecule has 0 amide bonds. The molecule has 0 saturated carbocycles. The van der Waals surface area contributed by atoms with Crippen LogP contribution in [-0.2, 0) is 9.53 Å². The number of esters is 1. The number of allylic oxidation sites excluding steroid dienone is 1. The Labute approximate surface area is 203 Å². The Morgan fingerprint density at radius 2 is 1.94 bits per heavy atom. The van der Waals surface area contributed by atoms with E-state index in [0.29, 0.717) is 26.4 Å². The van der Waals surface area contributed by atoms with Crippen molar-refractivity contribution < 1.29 is 14.3 Å². The lowest BCUT2D eigenvalue weighted by molar-refractivity contribution is -0.139. The normalized spacial score (nSPS) is 15.8. The first-order valence-electron chi connectivity index (χ1n) is 10.4. The van der Waals surface area contributed by atoms with Crippen LogP contribution in [0.15, 0.2) is 68.0 Å². The van der Waals surface area contributed by atoms with Gasteiger partial charge in [0.2, 0.25) is 0 Å². The molecule has 1 atom stereocenters. The van der Waals surface area contributed by atoms with Crippen molar-refractivity contribution in [1.29, 1.82) is 0 Å². The van der Waals surface area contributed by atoms with E-state index in [-0.39, 0.29) is 12.2 Å². The smallest absolute Gasteiger partial charge is 0.338 e. The minimum absolute atomic E-state index is 0.203. The van der Waals surface area contributed by atoms with Gasteiger partial charge >= 0.3 is 5.97 Å². The Kier molecular flexibility index (Phi) is 6.67. The Bertz CT molecular complexity index is 1430. The van der Waals surface area contributed by atoms with E-state index in [4.69, 9.17) is 9.47 Å². The van der Waals surface area contributed by atoms with Crippen molar-refractivity contribution >= 4 is 39.3 Å². The van der Waals surface area contributed by atoms with Gasteiger partial charge in [0.1, 0.15) is 5.75 Å². The minimum atomic E-state index is -0.606. The fraction of sp³-hybridized carbons (Fsp3) is 0.240. The van der Waals surface area contributed by atoms with Crippen LogP contribution in [0.2, 0.25) is 0 Å². The number of carbonyl (C=O) groups excluding carboxylic acids is 1. The highest BCUT2D eigenvalue weighted by atomic mass is 79.9. The lowest BCUT2D eigenvalue weighted by Gasteiger charge is -2.24. The molecule has 0 bridgehead atoms.